The van der Waals surface area contributed by atoms with Crippen LogP contribution in [0.5, 0.6) is 0 Å². The van der Waals surface area contributed by atoms with Gasteiger partial charge in [-0.05, 0) is 0 Å². The van der Waals surface area contributed by atoms with Gasteiger partial charge in [-0.2, -0.15) is 0 Å². The molecule has 0 unspecified atom stereocenters. The molecule has 62 valence electrons. The first-order chi connectivity index (χ1) is 4.00. The summed E-state index contributed by atoms with van der Waals surface area (Å²) in [6.45, 7) is 0. The van der Waals surface area contributed by atoms with Gasteiger partial charge in [-0.25, -0.2) is 4.57 Å². The van der Waals surface area contributed by atoms with E-state index in [0.717, 1.165) is 0 Å². The molecule has 0 heterocycles. The lowest BCUT2D eigenvalue weighted by Gasteiger charge is -1.86. The first kappa shape index (κ1) is 13.4. The van der Waals surface area contributed by atoms with E-state index < -0.39 is 14.1 Å². The Morgan fingerprint density at radius 2 is 0.900 bits per heavy atom. The van der Waals surface area contributed by atoms with Crippen LogP contribution < -0.4 is 0 Å². The topological polar surface area (TPSA) is 135 Å². The van der Waals surface area contributed by atoms with Gasteiger partial charge in [0.1, 0.15) is 0 Å². The second kappa shape index (κ2) is 4.63. The number of phosphoric acid groups is 1. The molecule has 7 nitrogen and oxygen atoms in total. The predicted octanol–water partition coefficient (Wildman–Crippen LogP) is -2.22. The average Bonchev–Trinajstić information content (AvgIpc) is 1.12. The van der Waals surface area contributed by atoms with Crippen molar-refractivity contribution in [1.29, 1.82) is 0 Å². The van der Waals surface area contributed by atoms with E-state index in [2.05, 4.69) is 0 Å². The van der Waals surface area contributed by atoms with E-state index in [1.54, 1.807) is 0 Å². The van der Waals surface area contributed by atoms with E-state index in [4.69, 9.17) is 29.0 Å². The summed E-state index contributed by atoms with van der Waals surface area (Å²) in [6.07, 6.45) is -3.50. The second-order valence-electron chi connectivity index (χ2n) is 1.35. The summed E-state index contributed by atoms with van der Waals surface area (Å²) in [5.41, 5.74) is 0. The maximum atomic E-state index is 9.39. The lowest BCUT2D eigenvalue weighted by molar-refractivity contribution is 0.275. The van der Waals surface area contributed by atoms with Crippen LogP contribution in [0.15, 0.2) is 0 Å². The molecule has 0 rings (SSSR count). The average molecular weight is 208 g/mol. The van der Waals surface area contributed by atoms with Crippen molar-refractivity contribution >= 4 is 29.9 Å². The van der Waals surface area contributed by atoms with Gasteiger partial charge in [0.15, 0.2) is 0 Å². The summed E-state index contributed by atoms with van der Waals surface area (Å²) in [5.74, 6) is 0. The molecule has 0 aliphatic rings. The van der Waals surface area contributed by atoms with E-state index in [9.17, 15) is 4.57 Å². The summed E-state index contributed by atoms with van der Waals surface area (Å²) in [4.78, 5) is 36.9. The molecule has 0 bridgehead atoms. The Bertz CT molecular complexity index is 124. The minimum atomic E-state index is -4.64. The largest absolute Gasteiger partial charge is 0.466 e. The molecule has 0 aromatic heterocycles. The van der Waals surface area contributed by atoms with Crippen molar-refractivity contribution in [1.82, 2.24) is 0 Å². The van der Waals surface area contributed by atoms with Gasteiger partial charge in [0, 0.05) is 0 Å². The molecule has 5 N–H and O–H groups in total. The summed E-state index contributed by atoms with van der Waals surface area (Å²) < 4.78 is 18.3. The Kier molecular flexibility index (Phi) is 6.19. The van der Waals surface area contributed by atoms with Crippen molar-refractivity contribution in [2.45, 2.75) is 0 Å². The van der Waals surface area contributed by atoms with Crippen molar-refractivity contribution in [2.75, 3.05) is 0 Å². The third-order valence-corrected chi connectivity index (χ3v) is 0. The zero-order chi connectivity index (χ0) is 9.00. The molecular weight excluding hydrogens is 201 g/mol. The highest BCUT2D eigenvalue weighted by Gasteiger charge is 2.00. The van der Waals surface area contributed by atoms with E-state index in [1.807, 2.05) is 0 Å². The Labute approximate surface area is 64.1 Å². The first-order valence-corrected chi connectivity index (χ1v) is 8.12. The van der Waals surface area contributed by atoms with Crippen LogP contribution >= 0.6 is 14.1 Å². The molecular formula is H7AlO7P2. The van der Waals surface area contributed by atoms with Gasteiger partial charge in [-0.1, -0.05) is 0 Å². The van der Waals surface area contributed by atoms with Crippen LogP contribution in [0.1, 0.15) is 0 Å². The fourth-order valence-corrected chi connectivity index (χ4v) is 0. The van der Waals surface area contributed by atoms with Gasteiger partial charge in [0.05, 0.1) is 0 Å². The third kappa shape index (κ3) is 850. The fraction of sp³-hybridized carbons (Fsp3) is 0. The van der Waals surface area contributed by atoms with E-state index in [-0.39, 0.29) is 15.8 Å². The molecule has 0 spiro atoms. The molecule has 0 aromatic carbocycles. The fourth-order valence-electron chi connectivity index (χ4n) is 0. The van der Waals surface area contributed by atoms with Crippen LogP contribution in [0, 0.1) is 0 Å². The van der Waals surface area contributed by atoms with Crippen LogP contribution in [0.3, 0.4) is 0 Å². The summed E-state index contributed by atoms with van der Waals surface area (Å²) in [5, 5.41) is 0. The highest BCUT2D eigenvalue weighted by atomic mass is 31.4. The first-order valence-electron chi connectivity index (χ1n) is 1.81. The minimum Gasteiger partial charge on any atom is -0.340 e. The molecule has 10 heavy (non-hydrogen) atoms. The van der Waals surface area contributed by atoms with Gasteiger partial charge in [-0.3, -0.25) is 4.57 Å². The normalized spacial score (nSPS) is 11.7. The number of rotatable bonds is 0. The quantitative estimate of drug-likeness (QED) is 0.225. The predicted molar refractivity (Wildman–Crippen MR) is 34.9 cm³/mol. The minimum absolute atomic E-state index is 0.0255. The number of hydrogen-bond donors (Lipinski definition) is 5. The zero-order valence-electron chi connectivity index (χ0n) is 4.95. The van der Waals surface area contributed by atoms with Gasteiger partial charge < -0.3 is 24.5 Å². The lowest BCUT2D eigenvalue weighted by Crippen LogP contribution is -1.67. The Morgan fingerprint density at radius 1 is 0.900 bits per heavy atom. The SMILES string of the molecule is O=P(O)(O)O.O=[P](O)(O)[AlH2]. The van der Waals surface area contributed by atoms with Crippen LogP contribution in [0.2, 0.25) is 0 Å². The molecule has 0 saturated carbocycles. The van der Waals surface area contributed by atoms with Gasteiger partial charge >= 0.3 is 23.7 Å². The molecule has 0 amide bonds. The van der Waals surface area contributed by atoms with Gasteiger partial charge in [0.25, 0.3) is 0 Å². The van der Waals surface area contributed by atoms with Gasteiger partial charge in [-0.15, -0.1) is 0 Å². The zero-order valence-corrected chi connectivity index (χ0v) is 8.74. The monoisotopic (exact) mass is 208 g/mol. The standard InChI is InChI=1S/Al.H3O4P.HO3P.2H/c;1-5(2,3)4;1-4(2)3;;/h;(H3,1,2,3,4);(H-,1,2,3);;/q-1;;;;/p+1. The number of hydrogen-bond acceptors (Lipinski definition) is 2. The molecule has 0 aliphatic carbocycles. The summed E-state index contributed by atoms with van der Waals surface area (Å²) >= 11 is -0.0255. The Hall–Kier alpha value is 0.792. The van der Waals surface area contributed by atoms with Crippen molar-refractivity contribution in [3.8, 4) is 0 Å². The highest BCUT2D eigenvalue weighted by Crippen LogP contribution is 2.25. The summed E-state index contributed by atoms with van der Waals surface area (Å²) in [7, 11) is -4.64. The van der Waals surface area contributed by atoms with Crippen molar-refractivity contribution in [3.63, 3.8) is 0 Å². The summed E-state index contributed by atoms with van der Waals surface area (Å²) in [6, 6.07) is 0. The molecule has 0 fully saturated rings. The van der Waals surface area contributed by atoms with Crippen molar-refractivity contribution in [3.05, 3.63) is 0 Å². The van der Waals surface area contributed by atoms with Crippen LogP contribution in [0.4, 0.5) is 0 Å². The molecule has 0 saturated heterocycles. The Morgan fingerprint density at radius 3 is 0.900 bits per heavy atom. The van der Waals surface area contributed by atoms with Crippen LogP contribution in [0.25, 0.3) is 0 Å². The maximum absolute atomic E-state index is 9.39. The van der Waals surface area contributed by atoms with E-state index >= 15 is 0 Å². The van der Waals surface area contributed by atoms with Crippen molar-refractivity contribution < 1.29 is 33.6 Å². The van der Waals surface area contributed by atoms with E-state index in [0.29, 0.717) is 0 Å². The lowest BCUT2D eigenvalue weighted by atomic mass is 15.8. The molecule has 0 atom stereocenters. The molecule has 0 aromatic rings. The van der Waals surface area contributed by atoms with Crippen LogP contribution in [-0.4, -0.2) is 40.3 Å². The third-order valence-electron chi connectivity index (χ3n) is 0. The van der Waals surface area contributed by atoms with Crippen molar-refractivity contribution in [2.24, 2.45) is 0 Å². The molecule has 0 aliphatic heterocycles. The van der Waals surface area contributed by atoms with E-state index in [1.165, 1.54) is 0 Å². The second-order valence-corrected chi connectivity index (χ2v) is 7.54. The van der Waals surface area contributed by atoms with Gasteiger partial charge in [0.2, 0.25) is 6.24 Å². The van der Waals surface area contributed by atoms with Crippen LogP contribution in [-0.2, 0) is 9.13 Å². The molecule has 10 heteroatoms. The highest BCUT2D eigenvalue weighted by molar-refractivity contribution is 7.77. The smallest absolute Gasteiger partial charge is 0.340 e. The Balaban J connectivity index is 0. The molecule has 0 radical (unpaired) electrons. The maximum Gasteiger partial charge on any atom is 0.466 e.